The molecule has 1 atom stereocenters. The van der Waals surface area contributed by atoms with Crippen LogP contribution in [-0.4, -0.2) is 0 Å². The summed E-state index contributed by atoms with van der Waals surface area (Å²) in [7, 11) is 0. The zero-order valence-corrected chi connectivity index (χ0v) is 10.0. The molecule has 0 heterocycles. The van der Waals surface area contributed by atoms with Gasteiger partial charge in [0.05, 0.1) is 0 Å². The van der Waals surface area contributed by atoms with Crippen LogP contribution in [0.3, 0.4) is 0 Å². The first kappa shape index (κ1) is 10.9. The molecule has 0 aliphatic carbocycles. The fourth-order valence-corrected chi connectivity index (χ4v) is 2.01. The van der Waals surface area contributed by atoms with Crippen LogP contribution in [0, 0.1) is 0 Å². The number of rotatable bonds is 3. The van der Waals surface area contributed by atoms with Crippen molar-refractivity contribution in [2.24, 2.45) is 0 Å². The third-order valence-electron chi connectivity index (χ3n) is 3.59. The van der Waals surface area contributed by atoms with Crippen LogP contribution in [0.2, 0.25) is 0 Å². The van der Waals surface area contributed by atoms with Gasteiger partial charge < -0.3 is 0 Å². The first-order valence-electron chi connectivity index (χ1n) is 5.82. The van der Waals surface area contributed by atoms with Gasteiger partial charge in [-0.2, -0.15) is 0 Å². The maximum absolute atomic E-state index is 3.96. The van der Waals surface area contributed by atoms with Crippen LogP contribution in [0.15, 0.2) is 55.1 Å². The molecule has 0 amide bonds. The Bertz CT molecular complexity index is 510. The summed E-state index contributed by atoms with van der Waals surface area (Å²) in [5.74, 6) is 0. The van der Waals surface area contributed by atoms with Crippen molar-refractivity contribution in [3.63, 3.8) is 0 Å². The molecule has 0 radical (unpaired) electrons. The van der Waals surface area contributed by atoms with Gasteiger partial charge in [0.1, 0.15) is 0 Å². The van der Waals surface area contributed by atoms with E-state index >= 15 is 0 Å². The molecular weight excluding hydrogens is 192 g/mol. The fourth-order valence-electron chi connectivity index (χ4n) is 2.01. The van der Waals surface area contributed by atoms with Crippen molar-refractivity contribution in [2.45, 2.75) is 25.7 Å². The molecule has 0 spiro atoms. The molecule has 2 aromatic carbocycles. The van der Waals surface area contributed by atoms with Crippen molar-refractivity contribution in [1.82, 2.24) is 0 Å². The van der Waals surface area contributed by atoms with E-state index in [9.17, 15) is 0 Å². The van der Waals surface area contributed by atoms with Gasteiger partial charge in [-0.3, -0.25) is 0 Å². The topological polar surface area (TPSA) is 0 Å². The summed E-state index contributed by atoms with van der Waals surface area (Å²) < 4.78 is 0. The molecule has 0 fully saturated rings. The maximum atomic E-state index is 3.96. The van der Waals surface area contributed by atoms with E-state index in [-0.39, 0.29) is 5.41 Å². The molecule has 0 aliphatic heterocycles. The summed E-state index contributed by atoms with van der Waals surface area (Å²) >= 11 is 0. The molecule has 0 aromatic heterocycles. The van der Waals surface area contributed by atoms with Crippen molar-refractivity contribution >= 4 is 10.8 Å². The molecule has 0 saturated heterocycles. The molecule has 2 rings (SSSR count). The zero-order chi connectivity index (χ0) is 11.6. The fraction of sp³-hybridized carbons (Fsp3) is 0.250. The molecular formula is C16H18. The van der Waals surface area contributed by atoms with E-state index < -0.39 is 0 Å². The molecule has 0 bridgehead atoms. The normalized spacial score (nSPS) is 14.6. The van der Waals surface area contributed by atoms with E-state index in [4.69, 9.17) is 0 Å². The molecule has 0 saturated carbocycles. The van der Waals surface area contributed by atoms with Gasteiger partial charge in [-0.05, 0) is 22.8 Å². The average Bonchev–Trinajstić information content (AvgIpc) is 2.37. The zero-order valence-electron chi connectivity index (χ0n) is 10.0. The van der Waals surface area contributed by atoms with Gasteiger partial charge >= 0.3 is 0 Å². The Morgan fingerprint density at radius 2 is 1.81 bits per heavy atom. The van der Waals surface area contributed by atoms with Gasteiger partial charge in [-0.15, -0.1) is 6.58 Å². The van der Waals surface area contributed by atoms with E-state index in [0.717, 1.165) is 6.42 Å². The van der Waals surface area contributed by atoms with E-state index in [0.29, 0.717) is 0 Å². The molecule has 0 unspecified atom stereocenters. The lowest BCUT2D eigenvalue weighted by atomic mass is 9.79. The van der Waals surface area contributed by atoms with Gasteiger partial charge in [0.15, 0.2) is 0 Å². The molecule has 16 heavy (non-hydrogen) atoms. The van der Waals surface area contributed by atoms with Crippen molar-refractivity contribution in [1.29, 1.82) is 0 Å². The largest absolute Gasteiger partial charge is 0.102 e. The van der Waals surface area contributed by atoms with Crippen molar-refractivity contribution in [2.75, 3.05) is 0 Å². The standard InChI is InChI=1S/C16H18/c1-4-16(3,5-2)15-11-10-13-8-6-7-9-14(13)12-15/h4,6-12H,1,5H2,2-3H3/t16-/m1/s1. The quantitative estimate of drug-likeness (QED) is 0.644. The van der Waals surface area contributed by atoms with Crippen LogP contribution in [0.1, 0.15) is 25.8 Å². The van der Waals surface area contributed by atoms with E-state index in [1.54, 1.807) is 0 Å². The first-order valence-corrected chi connectivity index (χ1v) is 5.82. The summed E-state index contributed by atoms with van der Waals surface area (Å²) in [6.07, 6.45) is 3.13. The Balaban J connectivity index is 2.58. The van der Waals surface area contributed by atoms with Crippen LogP contribution in [0.25, 0.3) is 10.8 Å². The van der Waals surface area contributed by atoms with E-state index in [1.165, 1.54) is 16.3 Å². The van der Waals surface area contributed by atoms with Crippen molar-refractivity contribution in [3.05, 3.63) is 60.7 Å². The highest BCUT2D eigenvalue weighted by atomic mass is 14.2. The average molecular weight is 210 g/mol. The lowest BCUT2D eigenvalue weighted by Gasteiger charge is -2.24. The highest BCUT2D eigenvalue weighted by Crippen LogP contribution is 2.30. The lowest BCUT2D eigenvalue weighted by molar-refractivity contribution is 0.574. The van der Waals surface area contributed by atoms with Crippen LogP contribution in [-0.2, 0) is 5.41 Å². The van der Waals surface area contributed by atoms with Crippen LogP contribution < -0.4 is 0 Å². The lowest BCUT2D eigenvalue weighted by Crippen LogP contribution is -2.16. The Morgan fingerprint density at radius 3 is 2.44 bits per heavy atom. The number of hydrogen-bond donors (Lipinski definition) is 0. The molecule has 0 aliphatic rings. The number of fused-ring (bicyclic) bond motifs is 1. The minimum atomic E-state index is 0.0873. The maximum Gasteiger partial charge on any atom is 0.00985 e. The summed E-state index contributed by atoms with van der Waals surface area (Å²) in [5.41, 5.74) is 1.44. The molecule has 2 aromatic rings. The monoisotopic (exact) mass is 210 g/mol. The van der Waals surface area contributed by atoms with E-state index in [1.807, 2.05) is 0 Å². The summed E-state index contributed by atoms with van der Waals surface area (Å²) in [5, 5.41) is 2.61. The third-order valence-corrected chi connectivity index (χ3v) is 3.59. The Kier molecular flexibility index (Phi) is 2.82. The second kappa shape index (κ2) is 4.13. The van der Waals surface area contributed by atoms with Crippen LogP contribution in [0.4, 0.5) is 0 Å². The molecule has 0 N–H and O–H groups in total. The number of hydrogen-bond acceptors (Lipinski definition) is 0. The summed E-state index contributed by atoms with van der Waals surface area (Å²) in [6, 6.07) is 15.2. The second-order valence-corrected chi connectivity index (χ2v) is 4.54. The van der Waals surface area contributed by atoms with Gasteiger partial charge in [-0.1, -0.05) is 62.4 Å². The Morgan fingerprint density at radius 1 is 1.12 bits per heavy atom. The highest BCUT2D eigenvalue weighted by molar-refractivity contribution is 5.83. The molecule has 0 heteroatoms. The second-order valence-electron chi connectivity index (χ2n) is 4.54. The first-order chi connectivity index (χ1) is 7.69. The minimum absolute atomic E-state index is 0.0873. The SMILES string of the molecule is C=C[C@](C)(CC)c1ccc2ccccc2c1. The van der Waals surface area contributed by atoms with Crippen molar-refractivity contribution in [3.8, 4) is 0 Å². The third kappa shape index (κ3) is 1.76. The van der Waals surface area contributed by atoms with Gasteiger partial charge in [0.2, 0.25) is 0 Å². The Labute approximate surface area is 97.6 Å². The van der Waals surface area contributed by atoms with Crippen molar-refractivity contribution < 1.29 is 0 Å². The predicted octanol–water partition coefficient (Wildman–Crippen LogP) is 4.69. The molecule has 82 valence electrons. The number of benzene rings is 2. The highest BCUT2D eigenvalue weighted by Gasteiger charge is 2.20. The summed E-state index contributed by atoms with van der Waals surface area (Å²) in [6.45, 7) is 8.41. The van der Waals surface area contributed by atoms with Gasteiger partial charge in [0.25, 0.3) is 0 Å². The van der Waals surface area contributed by atoms with E-state index in [2.05, 4.69) is 69.0 Å². The van der Waals surface area contributed by atoms with Crippen LogP contribution in [0.5, 0.6) is 0 Å². The number of allylic oxidation sites excluding steroid dienone is 1. The Hall–Kier alpha value is -1.56. The van der Waals surface area contributed by atoms with Gasteiger partial charge in [0, 0.05) is 5.41 Å². The predicted molar refractivity (Wildman–Crippen MR) is 71.8 cm³/mol. The minimum Gasteiger partial charge on any atom is -0.102 e. The smallest absolute Gasteiger partial charge is 0.00985 e. The summed E-state index contributed by atoms with van der Waals surface area (Å²) in [4.78, 5) is 0. The van der Waals surface area contributed by atoms with Gasteiger partial charge in [-0.25, -0.2) is 0 Å². The molecule has 0 nitrogen and oxygen atoms in total. The van der Waals surface area contributed by atoms with Crippen LogP contribution >= 0.6 is 0 Å².